The highest BCUT2D eigenvalue weighted by Gasteiger charge is 2.25. The third kappa shape index (κ3) is 3.99. The Morgan fingerprint density at radius 3 is 2.73 bits per heavy atom. The summed E-state index contributed by atoms with van der Waals surface area (Å²) in [7, 11) is 1.60. The first-order valence-corrected chi connectivity index (χ1v) is 10.5. The predicted octanol–water partition coefficient (Wildman–Crippen LogP) is 5.74. The van der Waals surface area contributed by atoms with Gasteiger partial charge < -0.3 is 15.2 Å². The molecule has 0 unspecified atom stereocenters. The van der Waals surface area contributed by atoms with Crippen molar-refractivity contribution >= 4 is 28.9 Å². The molecule has 0 spiro atoms. The lowest BCUT2D eigenvalue weighted by Gasteiger charge is -2.14. The van der Waals surface area contributed by atoms with Crippen LogP contribution in [0.2, 0.25) is 5.02 Å². The van der Waals surface area contributed by atoms with Crippen LogP contribution in [0.25, 0.3) is 11.3 Å². The highest BCUT2D eigenvalue weighted by atomic mass is 35.5. The van der Waals surface area contributed by atoms with Crippen molar-refractivity contribution in [1.29, 1.82) is 0 Å². The third-order valence-electron chi connectivity index (χ3n) is 5.32. The Morgan fingerprint density at radius 2 is 1.91 bits per heavy atom. The molecule has 8 heteroatoms. The van der Waals surface area contributed by atoms with Gasteiger partial charge in [0.15, 0.2) is 0 Å². The van der Waals surface area contributed by atoms with Crippen molar-refractivity contribution in [3.05, 3.63) is 94.4 Å². The fourth-order valence-electron chi connectivity index (χ4n) is 3.78. The number of ether oxygens (including phenoxy) is 1. The lowest BCUT2D eigenvalue weighted by atomic mass is 9.94. The first-order chi connectivity index (χ1) is 16.0. The van der Waals surface area contributed by atoms with Crippen molar-refractivity contribution in [2.24, 2.45) is 4.99 Å². The molecule has 4 aromatic rings. The van der Waals surface area contributed by atoms with Gasteiger partial charge in [0, 0.05) is 39.7 Å². The fourth-order valence-corrected chi connectivity index (χ4v) is 3.95. The van der Waals surface area contributed by atoms with Gasteiger partial charge in [-0.15, -0.1) is 0 Å². The molecule has 1 aliphatic heterocycles. The molecule has 0 aliphatic carbocycles. The first-order valence-electron chi connectivity index (χ1n) is 10.1. The van der Waals surface area contributed by atoms with Crippen LogP contribution in [0.4, 0.5) is 16.0 Å². The number of aliphatic imine (C=N–C) groups is 1. The maximum Gasteiger partial charge on any atom is 0.227 e. The van der Waals surface area contributed by atoms with Gasteiger partial charge in [0.1, 0.15) is 17.3 Å². The third-order valence-corrected chi connectivity index (χ3v) is 5.55. The second-order valence-electron chi connectivity index (χ2n) is 7.41. The van der Waals surface area contributed by atoms with E-state index < -0.39 is 5.82 Å². The first kappa shape index (κ1) is 20.9. The van der Waals surface area contributed by atoms with Crippen LogP contribution >= 0.6 is 11.6 Å². The number of nitrogens with one attached hydrogen (secondary N) is 1. The molecule has 1 aliphatic rings. The van der Waals surface area contributed by atoms with Crippen LogP contribution in [0.3, 0.4) is 0 Å². The molecule has 6 nitrogen and oxygen atoms in total. The van der Waals surface area contributed by atoms with E-state index in [-0.39, 0.29) is 17.9 Å². The summed E-state index contributed by atoms with van der Waals surface area (Å²) in [6.07, 6.45) is 1.69. The number of nitrogens with zero attached hydrogens (tertiary/aromatic N) is 3. The average molecular weight is 461 g/mol. The predicted molar refractivity (Wildman–Crippen MR) is 126 cm³/mol. The van der Waals surface area contributed by atoms with E-state index >= 15 is 0 Å². The van der Waals surface area contributed by atoms with Crippen LogP contribution in [0.15, 0.2) is 71.9 Å². The van der Waals surface area contributed by atoms with E-state index in [2.05, 4.69) is 15.3 Å². The molecule has 0 radical (unpaired) electrons. The molecule has 2 N–H and O–H groups in total. The van der Waals surface area contributed by atoms with Gasteiger partial charge in [-0.25, -0.2) is 14.4 Å². The maximum absolute atomic E-state index is 14.7. The quantitative estimate of drug-likeness (QED) is 0.405. The zero-order valence-electron chi connectivity index (χ0n) is 17.5. The number of benzene rings is 3. The molecule has 164 valence electrons. The molecular formula is C25H18ClFN4O2. The van der Waals surface area contributed by atoms with Crippen LogP contribution in [-0.2, 0) is 6.54 Å². The molecule has 2 heterocycles. The van der Waals surface area contributed by atoms with E-state index in [9.17, 15) is 9.50 Å². The van der Waals surface area contributed by atoms with Gasteiger partial charge in [-0.2, -0.15) is 0 Å². The summed E-state index contributed by atoms with van der Waals surface area (Å²) in [6, 6.07) is 16.9. The number of aromatic nitrogens is 2. The molecule has 0 amide bonds. The van der Waals surface area contributed by atoms with Crippen LogP contribution in [0.5, 0.6) is 11.5 Å². The summed E-state index contributed by atoms with van der Waals surface area (Å²) in [6.45, 7) is 0.212. The number of halogens is 2. The minimum atomic E-state index is -0.572. The molecule has 5 rings (SSSR count). The Kier molecular flexibility index (Phi) is 5.40. The lowest BCUT2D eigenvalue weighted by molar-refractivity contribution is 0.415. The summed E-state index contributed by atoms with van der Waals surface area (Å²) in [5.74, 6) is 0.326. The van der Waals surface area contributed by atoms with Gasteiger partial charge in [-0.05, 0) is 36.4 Å². The Balaban J connectivity index is 1.63. The van der Waals surface area contributed by atoms with Gasteiger partial charge in [0.05, 0.1) is 30.6 Å². The van der Waals surface area contributed by atoms with Gasteiger partial charge in [-0.3, -0.25) is 4.99 Å². The van der Waals surface area contributed by atoms with Crippen molar-refractivity contribution in [3.8, 4) is 22.8 Å². The second kappa shape index (κ2) is 8.52. The minimum absolute atomic E-state index is 0.0245. The van der Waals surface area contributed by atoms with E-state index in [0.29, 0.717) is 39.3 Å². The number of fused-ring (bicyclic) bond motifs is 3. The van der Waals surface area contributed by atoms with Crippen molar-refractivity contribution in [1.82, 2.24) is 9.97 Å². The molecule has 0 atom stereocenters. The van der Waals surface area contributed by atoms with Crippen molar-refractivity contribution in [2.75, 3.05) is 12.4 Å². The highest BCUT2D eigenvalue weighted by molar-refractivity contribution is 6.31. The maximum atomic E-state index is 14.7. The minimum Gasteiger partial charge on any atom is -0.507 e. The molecule has 0 bridgehead atoms. The number of phenolic OH excluding ortho intramolecular Hbond substituents is 1. The van der Waals surface area contributed by atoms with Crippen LogP contribution in [0, 0.1) is 5.82 Å². The summed E-state index contributed by atoms with van der Waals surface area (Å²) in [5, 5.41) is 14.0. The molecular weight excluding hydrogens is 443 g/mol. The number of aromatic hydroxyl groups is 1. The number of hydrogen-bond acceptors (Lipinski definition) is 6. The van der Waals surface area contributed by atoms with E-state index in [1.807, 2.05) is 30.3 Å². The molecule has 0 saturated heterocycles. The molecule has 33 heavy (non-hydrogen) atoms. The molecule has 1 aromatic heterocycles. The van der Waals surface area contributed by atoms with E-state index in [4.69, 9.17) is 21.3 Å². The Hall–Kier alpha value is -3.97. The van der Waals surface area contributed by atoms with E-state index in [1.54, 1.807) is 25.4 Å². The van der Waals surface area contributed by atoms with Crippen LogP contribution < -0.4 is 10.1 Å². The van der Waals surface area contributed by atoms with E-state index in [1.165, 1.54) is 18.2 Å². The van der Waals surface area contributed by atoms with Crippen molar-refractivity contribution < 1.29 is 14.2 Å². The zero-order chi connectivity index (χ0) is 22.9. The molecule has 0 fully saturated rings. The topological polar surface area (TPSA) is 79.6 Å². The summed E-state index contributed by atoms with van der Waals surface area (Å²) in [4.78, 5) is 13.8. The van der Waals surface area contributed by atoms with Crippen LogP contribution in [0.1, 0.15) is 16.7 Å². The summed E-state index contributed by atoms with van der Waals surface area (Å²) >= 11 is 6.29. The summed E-state index contributed by atoms with van der Waals surface area (Å²) in [5.41, 5.74) is 3.81. The summed E-state index contributed by atoms with van der Waals surface area (Å²) < 4.78 is 20.0. The van der Waals surface area contributed by atoms with Crippen molar-refractivity contribution in [3.63, 3.8) is 0 Å². The molecule has 3 aromatic carbocycles. The number of anilines is 2. The average Bonchev–Trinajstić information content (AvgIpc) is 2.96. The second-order valence-corrected chi connectivity index (χ2v) is 7.85. The number of methoxy groups -OCH3 is 1. The highest BCUT2D eigenvalue weighted by Crippen LogP contribution is 2.36. The van der Waals surface area contributed by atoms with Gasteiger partial charge in [0.25, 0.3) is 0 Å². The van der Waals surface area contributed by atoms with Gasteiger partial charge in [0.2, 0.25) is 5.95 Å². The van der Waals surface area contributed by atoms with Gasteiger partial charge in [-0.1, -0.05) is 29.8 Å². The number of rotatable bonds is 4. The smallest absolute Gasteiger partial charge is 0.227 e. The van der Waals surface area contributed by atoms with Crippen molar-refractivity contribution in [2.45, 2.75) is 6.54 Å². The standard InChI is InChI=1S/C25H18ClFN4O2/c1-33-17-5-2-4-16(11-17)30-25-29-13-14-12-28-24(22-20(27)6-3-7-21(22)32)19-10-15(26)8-9-18(19)23(14)31-25/h2-11,13,32H,12H2,1H3,(H,29,30,31). The van der Waals surface area contributed by atoms with E-state index in [0.717, 1.165) is 11.3 Å². The Bertz CT molecular complexity index is 1390. The lowest BCUT2D eigenvalue weighted by Crippen LogP contribution is -2.08. The monoisotopic (exact) mass is 460 g/mol. The number of phenols is 1. The SMILES string of the molecule is COc1cccc(Nc2ncc3c(n2)-c2ccc(Cl)cc2C(c2c(O)cccc2F)=NC3)c1. The van der Waals surface area contributed by atoms with Crippen LogP contribution in [-0.4, -0.2) is 27.9 Å². The largest absolute Gasteiger partial charge is 0.507 e. The number of hydrogen-bond donors (Lipinski definition) is 2. The normalized spacial score (nSPS) is 12.3. The zero-order valence-corrected chi connectivity index (χ0v) is 18.3. The molecule has 0 saturated carbocycles. The fraction of sp³-hybridized carbons (Fsp3) is 0.0800. The Morgan fingerprint density at radius 1 is 1.06 bits per heavy atom. The Labute approximate surface area is 194 Å². The van der Waals surface area contributed by atoms with Gasteiger partial charge >= 0.3 is 0 Å².